The Morgan fingerprint density at radius 2 is 2.33 bits per heavy atom. The summed E-state index contributed by atoms with van der Waals surface area (Å²) in [5.41, 5.74) is 7.38. The van der Waals surface area contributed by atoms with Gasteiger partial charge in [0.1, 0.15) is 5.69 Å². The summed E-state index contributed by atoms with van der Waals surface area (Å²) in [6.45, 7) is 0.579. The van der Waals surface area contributed by atoms with Crippen LogP contribution in [0.4, 0.5) is 11.4 Å². The Morgan fingerprint density at radius 1 is 1.60 bits per heavy atom. The highest BCUT2D eigenvalue weighted by Crippen LogP contribution is 2.34. The first-order chi connectivity index (χ1) is 7.08. The third-order valence-electron chi connectivity index (χ3n) is 2.38. The van der Waals surface area contributed by atoms with Crippen LogP contribution in [-0.2, 0) is 6.42 Å². The van der Waals surface area contributed by atoms with Gasteiger partial charge in [0, 0.05) is 23.1 Å². The second-order valence-corrected chi connectivity index (χ2v) is 4.48. The third kappa shape index (κ3) is 1.95. The van der Waals surface area contributed by atoms with Gasteiger partial charge in [-0.2, -0.15) is 0 Å². The molecule has 80 valence electrons. The fraction of sp³-hybridized carbons (Fsp3) is 0.333. The van der Waals surface area contributed by atoms with Crippen molar-refractivity contribution in [2.75, 3.05) is 11.9 Å². The number of nitrogens with two attached hydrogens (primary N) is 1. The van der Waals surface area contributed by atoms with Crippen LogP contribution in [0.2, 0.25) is 0 Å². The topological polar surface area (TPSA) is 81.2 Å². The largest absolute Gasteiger partial charge is 0.378 e. The summed E-state index contributed by atoms with van der Waals surface area (Å²) < 4.78 is 0.712. The van der Waals surface area contributed by atoms with Crippen molar-refractivity contribution in [3.8, 4) is 0 Å². The van der Waals surface area contributed by atoms with E-state index in [1.807, 2.05) is 6.07 Å². The summed E-state index contributed by atoms with van der Waals surface area (Å²) >= 11 is 3.26. The SMILES string of the molecule is NC1CNc2c(cc(Br)cc2[N+](=O)[O-])C1. The Morgan fingerprint density at radius 3 is 3.00 bits per heavy atom. The quantitative estimate of drug-likeness (QED) is 0.601. The van der Waals surface area contributed by atoms with E-state index in [1.165, 1.54) is 6.07 Å². The molecule has 1 aromatic carbocycles. The second-order valence-electron chi connectivity index (χ2n) is 3.56. The van der Waals surface area contributed by atoms with E-state index in [1.54, 1.807) is 0 Å². The number of anilines is 1. The van der Waals surface area contributed by atoms with Gasteiger partial charge in [-0.3, -0.25) is 10.1 Å². The van der Waals surface area contributed by atoms with Crippen molar-refractivity contribution in [2.45, 2.75) is 12.5 Å². The van der Waals surface area contributed by atoms with Crippen LogP contribution in [0.3, 0.4) is 0 Å². The van der Waals surface area contributed by atoms with Crippen molar-refractivity contribution in [3.05, 3.63) is 32.3 Å². The van der Waals surface area contributed by atoms with E-state index < -0.39 is 0 Å². The Hall–Kier alpha value is -1.14. The van der Waals surface area contributed by atoms with E-state index in [4.69, 9.17) is 5.73 Å². The van der Waals surface area contributed by atoms with Gasteiger partial charge in [0.2, 0.25) is 0 Å². The van der Waals surface area contributed by atoms with Crippen molar-refractivity contribution >= 4 is 27.3 Å². The molecule has 1 heterocycles. The van der Waals surface area contributed by atoms with E-state index in [0.29, 0.717) is 23.1 Å². The zero-order valence-corrected chi connectivity index (χ0v) is 9.45. The zero-order valence-electron chi connectivity index (χ0n) is 7.87. The molecule has 0 saturated heterocycles. The summed E-state index contributed by atoms with van der Waals surface area (Å²) in [6, 6.07) is 3.39. The van der Waals surface area contributed by atoms with Crippen LogP contribution in [-0.4, -0.2) is 17.5 Å². The van der Waals surface area contributed by atoms with Gasteiger partial charge in [-0.25, -0.2) is 0 Å². The van der Waals surface area contributed by atoms with Crippen LogP contribution >= 0.6 is 15.9 Å². The molecule has 0 fully saturated rings. The molecule has 1 atom stereocenters. The van der Waals surface area contributed by atoms with Crippen molar-refractivity contribution < 1.29 is 4.92 Å². The van der Waals surface area contributed by atoms with Gasteiger partial charge in [0.25, 0.3) is 5.69 Å². The Labute approximate surface area is 94.9 Å². The van der Waals surface area contributed by atoms with Crippen LogP contribution in [0, 0.1) is 10.1 Å². The number of halogens is 1. The number of nitro groups is 1. The predicted octanol–water partition coefficient (Wildman–Crippen LogP) is 1.65. The average Bonchev–Trinajstić information content (AvgIpc) is 2.15. The number of rotatable bonds is 1. The predicted molar refractivity (Wildman–Crippen MR) is 61.0 cm³/mol. The smallest absolute Gasteiger partial charge is 0.293 e. The van der Waals surface area contributed by atoms with Gasteiger partial charge in [-0.15, -0.1) is 0 Å². The molecule has 1 aliphatic rings. The van der Waals surface area contributed by atoms with Crippen molar-refractivity contribution in [1.29, 1.82) is 0 Å². The van der Waals surface area contributed by atoms with Gasteiger partial charge in [-0.05, 0) is 18.1 Å². The van der Waals surface area contributed by atoms with E-state index in [-0.39, 0.29) is 16.7 Å². The molecule has 1 unspecified atom stereocenters. The zero-order chi connectivity index (χ0) is 11.0. The van der Waals surface area contributed by atoms with Gasteiger partial charge >= 0.3 is 0 Å². The first-order valence-electron chi connectivity index (χ1n) is 4.54. The number of hydrogen-bond donors (Lipinski definition) is 2. The standard InChI is InChI=1S/C9H10BrN3O2/c10-6-1-5-2-7(11)4-12-9(5)8(3-6)13(14)15/h1,3,7,12H,2,4,11H2. The van der Waals surface area contributed by atoms with E-state index >= 15 is 0 Å². The number of fused-ring (bicyclic) bond motifs is 1. The first kappa shape index (κ1) is 10.4. The Balaban J connectivity index is 2.54. The molecule has 0 amide bonds. The second kappa shape index (κ2) is 3.79. The fourth-order valence-corrected chi connectivity index (χ4v) is 2.24. The molecule has 0 bridgehead atoms. The molecular weight excluding hydrogens is 262 g/mol. The minimum absolute atomic E-state index is 0.0198. The summed E-state index contributed by atoms with van der Waals surface area (Å²) in [4.78, 5) is 10.4. The maximum Gasteiger partial charge on any atom is 0.293 e. The molecule has 3 N–H and O–H groups in total. The Kier molecular flexibility index (Phi) is 2.62. The molecule has 1 aliphatic heterocycles. The molecule has 6 heteroatoms. The molecule has 1 aromatic rings. The van der Waals surface area contributed by atoms with Crippen LogP contribution < -0.4 is 11.1 Å². The Bertz CT molecular complexity index is 422. The lowest BCUT2D eigenvalue weighted by atomic mass is 9.99. The first-order valence-corrected chi connectivity index (χ1v) is 5.33. The molecule has 15 heavy (non-hydrogen) atoms. The summed E-state index contributed by atoms with van der Waals surface area (Å²) in [7, 11) is 0. The molecule has 0 spiro atoms. The molecule has 2 rings (SSSR count). The maximum atomic E-state index is 10.8. The minimum atomic E-state index is -0.382. The van der Waals surface area contributed by atoms with Crippen LogP contribution in [0.15, 0.2) is 16.6 Å². The number of nitrogens with one attached hydrogen (secondary N) is 1. The monoisotopic (exact) mass is 271 g/mol. The number of nitro benzene ring substituents is 1. The van der Waals surface area contributed by atoms with Crippen molar-refractivity contribution in [2.24, 2.45) is 5.73 Å². The van der Waals surface area contributed by atoms with Crippen LogP contribution in [0.5, 0.6) is 0 Å². The highest BCUT2D eigenvalue weighted by molar-refractivity contribution is 9.10. The summed E-state index contributed by atoms with van der Waals surface area (Å²) in [6.07, 6.45) is 0.669. The number of hydrogen-bond acceptors (Lipinski definition) is 4. The molecule has 0 radical (unpaired) electrons. The van der Waals surface area contributed by atoms with Gasteiger partial charge < -0.3 is 11.1 Å². The van der Waals surface area contributed by atoms with E-state index in [2.05, 4.69) is 21.2 Å². The molecule has 0 aromatic heterocycles. The molecule has 0 aliphatic carbocycles. The normalized spacial score (nSPS) is 19.2. The van der Waals surface area contributed by atoms with Crippen molar-refractivity contribution in [1.82, 2.24) is 0 Å². The van der Waals surface area contributed by atoms with Gasteiger partial charge in [0.05, 0.1) is 4.92 Å². The molecule has 5 nitrogen and oxygen atoms in total. The van der Waals surface area contributed by atoms with E-state index in [9.17, 15) is 10.1 Å². The average molecular weight is 272 g/mol. The van der Waals surface area contributed by atoms with Gasteiger partial charge in [-0.1, -0.05) is 15.9 Å². The van der Waals surface area contributed by atoms with Crippen LogP contribution in [0.25, 0.3) is 0 Å². The molecular formula is C9H10BrN3O2. The fourth-order valence-electron chi connectivity index (χ4n) is 1.74. The van der Waals surface area contributed by atoms with Crippen LogP contribution in [0.1, 0.15) is 5.56 Å². The van der Waals surface area contributed by atoms with E-state index in [0.717, 1.165) is 5.56 Å². The number of nitrogens with zero attached hydrogens (tertiary/aromatic N) is 1. The maximum absolute atomic E-state index is 10.8. The highest BCUT2D eigenvalue weighted by atomic mass is 79.9. The summed E-state index contributed by atoms with van der Waals surface area (Å²) in [5.74, 6) is 0. The highest BCUT2D eigenvalue weighted by Gasteiger charge is 2.24. The third-order valence-corrected chi connectivity index (χ3v) is 2.84. The lowest BCUT2D eigenvalue weighted by Gasteiger charge is -2.23. The summed E-state index contributed by atoms with van der Waals surface area (Å²) in [5, 5.41) is 13.8. The van der Waals surface area contributed by atoms with Crippen molar-refractivity contribution in [3.63, 3.8) is 0 Å². The number of benzene rings is 1. The minimum Gasteiger partial charge on any atom is -0.378 e. The van der Waals surface area contributed by atoms with Gasteiger partial charge in [0.15, 0.2) is 0 Å². The lowest BCUT2D eigenvalue weighted by Crippen LogP contribution is -2.35. The lowest BCUT2D eigenvalue weighted by molar-refractivity contribution is -0.384. The molecule has 0 saturated carbocycles.